The first kappa shape index (κ1) is 58.7. The van der Waals surface area contributed by atoms with Crippen molar-refractivity contribution in [1.82, 2.24) is 0 Å². The van der Waals surface area contributed by atoms with E-state index in [-0.39, 0.29) is 45.9 Å². The number of carbonyl (C=O) groups is 2. The third-order valence-electron chi connectivity index (χ3n) is 11.6. The van der Waals surface area contributed by atoms with Crippen molar-refractivity contribution in [1.29, 1.82) is 0 Å². The number of ether oxygens (including phenoxy) is 2. The predicted octanol–water partition coefficient (Wildman–Crippen LogP) is 7.46. The molecule has 354 valence electrons. The number of carbonyl (C=O) groups excluding carboxylic acids is 2. The molecular weight excluding hydrogens is 941 g/mol. The van der Waals surface area contributed by atoms with Crippen molar-refractivity contribution in [3.8, 4) is 0 Å². The van der Waals surface area contributed by atoms with Gasteiger partial charge in [-0.05, 0) is 112 Å². The van der Waals surface area contributed by atoms with E-state index < -0.39 is 11.8 Å². The third kappa shape index (κ3) is 26.0. The number of allylic oxidation sites excluding steroid dienone is 2. The Balaban J connectivity index is 0.00000961. The van der Waals surface area contributed by atoms with Gasteiger partial charge in [-0.25, -0.2) is 0 Å². The van der Waals surface area contributed by atoms with Gasteiger partial charge in [-0.1, -0.05) is 126 Å². The molecular formula is C52H86Br2N2O4S2. The van der Waals surface area contributed by atoms with Crippen LogP contribution in [-0.4, -0.2) is 89.5 Å². The average Bonchev–Trinajstić information content (AvgIpc) is 3.20. The fourth-order valence-corrected chi connectivity index (χ4v) is 10.1. The van der Waals surface area contributed by atoms with E-state index in [0.29, 0.717) is 26.1 Å². The molecule has 3 rings (SSSR count). The van der Waals surface area contributed by atoms with Gasteiger partial charge in [-0.2, -0.15) is 0 Å². The van der Waals surface area contributed by atoms with Crippen molar-refractivity contribution in [2.45, 2.75) is 165 Å². The zero-order valence-corrected chi connectivity index (χ0v) is 45.1. The van der Waals surface area contributed by atoms with Gasteiger partial charge >= 0.3 is 11.9 Å². The van der Waals surface area contributed by atoms with Crippen LogP contribution < -0.4 is 34.0 Å². The Hall–Kier alpha value is -1.30. The Morgan fingerprint density at radius 3 is 1.19 bits per heavy atom. The number of quaternary nitrogens is 2. The molecule has 62 heavy (non-hydrogen) atoms. The number of nitrogens with zero attached hydrogens (tertiary/aromatic N) is 2. The Bertz CT molecular complexity index is 1520. The molecule has 0 N–H and O–H groups in total. The molecule has 2 aromatic rings. The van der Waals surface area contributed by atoms with Gasteiger partial charge in [0.25, 0.3) is 0 Å². The molecule has 2 atom stereocenters. The zero-order valence-electron chi connectivity index (χ0n) is 40.3. The van der Waals surface area contributed by atoms with Gasteiger partial charge in [0, 0.05) is 19.6 Å². The maximum atomic E-state index is 14.0. The summed E-state index contributed by atoms with van der Waals surface area (Å²) < 4.78 is 14.0. The fourth-order valence-electron chi connectivity index (χ4n) is 7.85. The maximum absolute atomic E-state index is 14.0. The van der Waals surface area contributed by atoms with Gasteiger partial charge in [0.15, 0.2) is 0 Å². The van der Waals surface area contributed by atoms with Gasteiger partial charge in [0.2, 0.25) is 0 Å². The van der Waals surface area contributed by atoms with Crippen molar-refractivity contribution in [3.63, 3.8) is 0 Å². The van der Waals surface area contributed by atoms with Gasteiger partial charge in [0.05, 0.1) is 80.4 Å². The summed E-state index contributed by atoms with van der Waals surface area (Å²) in [6.07, 6.45) is 24.3. The van der Waals surface area contributed by atoms with E-state index >= 15 is 0 Å². The minimum Gasteiger partial charge on any atom is -1.00 e. The first-order valence-electron chi connectivity index (χ1n) is 24.0. The normalized spacial score (nSPS) is 15.5. The molecule has 1 aliphatic carbocycles. The lowest BCUT2D eigenvalue weighted by Gasteiger charge is -2.32. The molecule has 0 aliphatic heterocycles. The lowest BCUT2D eigenvalue weighted by atomic mass is 9.82. The van der Waals surface area contributed by atoms with Crippen LogP contribution in [0.25, 0.3) is 0 Å². The molecule has 0 unspecified atom stereocenters. The first-order valence-corrected chi connectivity index (χ1v) is 25.6. The Kier molecular flexibility index (Phi) is 31.5. The minimum atomic E-state index is -0.563. The molecule has 0 saturated carbocycles. The highest BCUT2D eigenvalue weighted by molar-refractivity contribution is 8.06. The third-order valence-corrected chi connectivity index (χ3v) is 14.1. The van der Waals surface area contributed by atoms with Crippen LogP contribution in [0.15, 0.2) is 68.1 Å². The molecule has 2 aromatic carbocycles. The number of rotatable bonds is 32. The second kappa shape index (κ2) is 33.2. The molecule has 0 saturated heterocycles. The lowest BCUT2D eigenvalue weighted by Crippen LogP contribution is -3.00. The van der Waals surface area contributed by atoms with E-state index in [1.165, 1.54) is 99.6 Å². The fraction of sp³-hybridized carbons (Fsp3) is 0.692. The predicted molar refractivity (Wildman–Crippen MR) is 257 cm³/mol. The Labute approximate surface area is 409 Å². The first-order chi connectivity index (χ1) is 28.8. The van der Waals surface area contributed by atoms with Crippen LogP contribution in [0.2, 0.25) is 0 Å². The second-order valence-corrected chi connectivity index (χ2v) is 21.8. The van der Waals surface area contributed by atoms with Crippen LogP contribution in [-0.2, 0) is 31.9 Å². The van der Waals surface area contributed by atoms with E-state index in [4.69, 9.17) is 9.47 Å². The van der Waals surface area contributed by atoms with Gasteiger partial charge in [0.1, 0.15) is 0 Å². The molecule has 0 aromatic heterocycles. The largest absolute Gasteiger partial charge is 1.00 e. The van der Waals surface area contributed by atoms with Crippen molar-refractivity contribution in [3.05, 3.63) is 69.5 Å². The van der Waals surface area contributed by atoms with Crippen LogP contribution in [0.4, 0.5) is 0 Å². The molecule has 1 aliphatic rings. The monoisotopic (exact) mass is 1020 g/mol. The summed E-state index contributed by atoms with van der Waals surface area (Å²) in [5.74, 6) is -1.63. The number of hydrogen-bond acceptors (Lipinski definition) is 6. The van der Waals surface area contributed by atoms with Crippen LogP contribution >= 0.6 is 23.5 Å². The average molecular weight is 1030 g/mol. The van der Waals surface area contributed by atoms with E-state index in [1.807, 2.05) is 0 Å². The van der Waals surface area contributed by atoms with E-state index in [0.717, 1.165) is 81.6 Å². The molecule has 6 nitrogen and oxygen atoms in total. The van der Waals surface area contributed by atoms with Crippen LogP contribution in [0.1, 0.15) is 153 Å². The quantitative estimate of drug-likeness (QED) is 0.0432. The highest BCUT2D eigenvalue weighted by Gasteiger charge is 2.41. The summed E-state index contributed by atoms with van der Waals surface area (Å²) in [6.45, 7) is 7.62. The molecule has 0 heterocycles. The van der Waals surface area contributed by atoms with E-state index in [2.05, 4.69) is 105 Å². The van der Waals surface area contributed by atoms with Crippen molar-refractivity contribution in [2.75, 3.05) is 68.6 Å². The number of aryl methyl sites for hydroxylation is 2. The smallest absolute Gasteiger partial charge is 0.310 e. The second-order valence-electron chi connectivity index (χ2n) is 19.5. The number of benzene rings is 2. The number of thioether (sulfide) groups is 2. The lowest BCUT2D eigenvalue weighted by molar-refractivity contribution is -0.870. The number of unbranched alkanes of at least 4 members (excludes halogenated alkanes) is 14. The molecule has 10 heteroatoms. The van der Waals surface area contributed by atoms with Crippen LogP contribution in [0.3, 0.4) is 0 Å². The summed E-state index contributed by atoms with van der Waals surface area (Å²) >= 11 is 3.51. The minimum absolute atomic E-state index is 0. The Morgan fingerprint density at radius 1 is 0.484 bits per heavy atom. The van der Waals surface area contributed by atoms with Crippen LogP contribution in [0, 0.1) is 11.8 Å². The molecule has 0 radical (unpaired) electrons. The van der Waals surface area contributed by atoms with Crippen molar-refractivity contribution < 1.29 is 62.0 Å². The molecule has 0 amide bonds. The number of halogens is 2. The number of esters is 2. The summed E-state index contributed by atoms with van der Waals surface area (Å²) in [5, 5.41) is 0. The molecule has 0 bridgehead atoms. The van der Waals surface area contributed by atoms with Crippen molar-refractivity contribution >= 4 is 35.5 Å². The standard InChI is InChI=1S/C52H86N2O4S2.2BrH/c1-9-11-13-15-17-21-27-43-29-33-45(34-30-43)59-49-41-47(51(55)57-39-25-19-16-14-12-10-2)48(52(56)58-40-26-20-18-23-37-53(3,4)5)42-50(49)60-46-35-31-44(32-36-46)28-22-24-38-54(6,7)8;;/h29-36,47-48H,9-28,37-42H2,1-8H3;2*1H/q+2;;/p-2/t47-,48-;;/m0../s1. The SMILES string of the molecule is CCCCCCCCOC(=O)[C@H]1CC(Sc2ccc(CCCCCCCC)cc2)=C(Sc2ccc(CCCC[N+](C)(C)C)cc2)C[C@@H]1C(=O)OCCCCCC[N+](C)(C)C.[Br-].[Br-]. The molecule has 0 fully saturated rings. The van der Waals surface area contributed by atoms with Crippen molar-refractivity contribution in [2.24, 2.45) is 11.8 Å². The molecule has 0 spiro atoms. The number of hydrogen-bond donors (Lipinski definition) is 0. The van der Waals surface area contributed by atoms with E-state index in [1.54, 1.807) is 23.5 Å². The topological polar surface area (TPSA) is 52.6 Å². The Morgan fingerprint density at radius 2 is 0.806 bits per heavy atom. The summed E-state index contributed by atoms with van der Waals surface area (Å²) in [7, 11) is 13.4. The summed E-state index contributed by atoms with van der Waals surface area (Å²) in [4.78, 5) is 32.7. The zero-order chi connectivity index (χ0) is 43.6. The summed E-state index contributed by atoms with van der Waals surface area (Å²) in [5.41, 5.74) is 2.74. The van der Waals surface area contributed by atoms with E-state index in [9.17, 15) is 9.59 Å². The van der Waals surface area contributed by atoms with Crippen LogP contribution in [0.5, 0.6) is 0 Å². The maximum Gasteiger partial charge on any atom is 0.310 e. The highest BCUT2D eigenvalue weighted by Crippen LogP contribution is 2.49. The summed E-state index contributed by atoms with van der Waals surface area (Å²) in [6, 6.07) is 18.0. The highest BCUT2D eigenvalue weighted by atomic mass is 79.9. The van der Waals surface area contributed by atoms with Gasteiger partial charge in [-0.15, -0.1) is 0 Å². The van der Waals surface area contributed by atoms with Gasteiger partial charge < -0.3 is 52.4 Å². The van der Waals surface area contributed by atoms with Gasteiger partial charge in [-0.3, -0.25) is 9.59 Å².